The summed E-state index contributed by atoms with van der Waals surface area (Å²) < 4.78 is 4.96. The van der Waals surface area contributed by atoms with E-state index in [-0.39, 0.29) is 38.3 Å². The average Bonchev–Trinajstić information content (AvgIpc) is 2.89. The molecule has 1 aliphatic rings. The number of carbonyl (C=O) groups excluding carboxylic acids is 3. The normalized spacial score (nSPS) is 12.7. The van der Waals surface area contributed by atoms with E-state index in [2.05, 4.69) is 10.3 Å². The molecule has 7 heteroatoms. The number of hydrogen-bond acceptors (Lipinski definition) is 6. The monoisotopic (exact) mass is 288 g/mol. The van der Waals surface area contributed by atoms with Crippen LogP contribution in [0.4, 0.5) is 4.79 Å². The van der Waals surface area contributed by atoms with Crippen molar-refractivity contribution in [2.75, 3.05) is 7.05 Å². The molecule has 3 rings (SSSR count). The number of thiophene rings is 1. The highest BCUT2D eigenvalue weighted by Crippen LogP contribution is 2.36. The van der Waals surface area contributed by atoms with Crippen LogP contribution in [0, 0.1) is 0 Å². The second kappa shape index (κ2) is 4.53. The number of ketones is 2. The number of aromatic nitrogens is 1. The molecule has 0 bridgehead atoms. The number of rotatable bonds is 1. The fraction of sp³-hybridized carbons (Fsp3) is 0.0769. The van der Waals surface area contributed by atoms with E-state index in [1.54, 1.807) is 12.1 Å². The van der Waals surface area contributed by atoms with E-state index in [1.165, 1.54) is 19.3 Å². The Bertz CT molecular complexity index is 698. The number of nitrogens with one attached hydrogen (secondary N) is 1. The van der Waals surface area contributed by atoms with Gasteiger partial charge >= 0.3 is 6.09 Å². The van der Waals surface area contributed by atoms with Gasteiger partial charge in [0.1, 0.15) is 5.69 Å². The SMILES string of the molecule is CNC(=O)Oc1cc2c(s1)C(=O)c1ncccc1C2=O. The van der Waals surface area contributed by atoms with E-state index in [9.17, 15) is 14.4 Å². The maximum atomic E-state index is 12.3. The Morgan fingerprint density at radius 1 is 1.30 bits per heavy atom. The molecule has 1 amide bonds. The van der Waals surface area contributed by atoms with E-state index in [1.807, 2.05) is 0 Å². The topological polar surface area (TPSA) is 85.4 Å². The number of pyridine rings is 1. The molecule has 0 saturated carbocycles. The highest BCUT2D eigenvalue weighted by atomic mass is 32.1. The first kappa shape index (κ1) is 12.5. The van der Waals surface area contributed by atoms with Crippen molar-refractivity contribution in [3.05, 3.63) is 46.1 Å². The van der Waals surface area contributed by atoms with Crippen molar-refractivity contribution >= 4 is 29.0 Å². The molecule has 0 spiro atoms. The molecule has 2 aromatic rings. The number of fused-ring (bicyclic) bond motifs is 2. The number of amides is 1. The van der Waals surface area contributed by atoms with Crippen LogP contribution in [-0.2, 0) is 0 Å². The Hall–Kier alpha value is -2.54. The van der Waals surface area contributed by atoms with Crippen molar-refractivity contribution in [1.82, 2.24) is 10.3 Å². The predicted molar refractivity (Wildman–Crippen MR) is 70.5 cm³/mol. The van der Waals surface area contributed by atoms with E-state index < -0.39 is 6.09 Å². The molecule has 20 heavy (non-hydrogen) atoms. The van der Waals surface area contributed by atoms with Crippen LogP contribution in [-0.4, -0.2) is 29.7 Å². The molecule has 2 heterocycles. The third-order valence-corrected chi connectivity index (χ3v) is 3.84. The molecule has 0 aliphatic heterocycles. The van der Waals surface area contributed by atoms with Crippen LogP contribution in [0.1, 0.15) is 31.3 Å². The fourth-order valence-corrected chi connectivity index (χ4v) is 2.87. The zero-order valence-electron chi connectivity index (χ0n) is 10.3. The number of nitrogens with zero attached hydrogens (tertiary/aromatic N) is 1. The molecular weight excluding hydrogens is 280 g/mol. The third-order valence-electron chi connectivity index (χ3n) is 2.83. The molecular formula is C13H8N2O4S. The zero-order valence-corrected chi connectivity index (χ0v) is 11.1. The lowest BCUT2D eigenvalue weighted by Gasteiger charge is -2.11. The lowest BCUT2D eigenvalue weighted by atomic mass is 9.93. The first-order chi connectivity index (χ1) is 9.61. The van der Waals surface area contributed by atoms with Crippen LogP contribution >= 0.6 is 11.3 Å². The summed E-state index contributed by atoms with van der Waals surface area (Å²) >= 11 is 0.961. The van der Waals surface area contributed by atoms with Gasteiger partial charge in [-0.2, -0.15) is 0 Å². The predicted octanol–water partition coefficient (Wildman–Crippen LogP) is 1.64. The van der Waals surface area contributed by atoms with Crippen LogP contribution in [0.15, 0.2) is 24.4 Å². The first-order valence-electron chi connectivity index (χ1n) is 5.69. The molecule has 0 fully saturated rings. The molecule has 0 aromatic carbocycles. The maximum Gasteiger partial charge on any atom is 0.413 e. The minimum Gasteiger partial charge on any atom is -0.399 e. The van der Waals surface area contributed by atoms with Crippen molar-refractivity contribution in [3.8, 4) is 5.06 Å². The van der Waals surface area contributed by atoms with Crippen LogP contribution in [0.3, 0.4) is 0 Å². The van der Waals surface area contributed by atoms with Gasteiger partial charge in [0, 0.05) is 24.9 Å². The summed E-state index contributed by atoms with van der Waals surface area (Å²) in [6.45, 7) is 0. The van der Waals surface area contributed by atoms with E-state index in [0.29, 0.717) is 0 Å². The quantitative estimate of drug-likeness (QED) is 0.735. The van der Waals surface area contributed by atoms with Crippen molar-refractivity contribution in [2.24, 2.45) is 0 Å². The second-order valence-corrected chi connectivity index (χ2v) is 5.02. The van der Waals surface area contributed by atoms with Gasteiger partial charge in [-0.25, -0.2) is 4.79 Å². The summed E-state index contributed by atoms with van der Waals surface area (Å²) in [5.74, 6) is -0.613. The van der Waals surface area contributed by atoms with Crippen molar-refractivity contribution in [1.29, 1.82) is 0 Å². The highest BCUT2D eigenvalue weighted by Gasteiger charge is 2.33. The van der Waals surface area contributed by atoms with Crippen molar-refractivity contribution < 1.29 is 19.1 Å². The minimum atomic E-state index is -0.654. The molecule has 1 N–H and O–H groups in total. The Morgan fingerprint density at radius 2 is 2.10 bits per heavy atom. The van der Waals surface area contributed by atoms with Gasteiger partial charge in [0.15, 0.2) is 10.8 Å². The van der Waals surface area contributed by atoms with Crippen molar-refractivity contribution in [2.45, 2.75) is 0 Å². The summed E-state index contributed by atoms with van der Waals surface area (Å²) in [6, 6.07) is 4.57. The van der Waals surface area contributed by atoms with Gasteiger partial charge in [0.2, 0.25) is 5.78 Å². The third kappa shape index (κ3) is 1.79. The maximum absolute atomic E-state index is 12.3. The summed E-state index contributed by atoms with van der Waals surface area (Å²) in [5, 5.41) is 2.49. The largest absolute Gasteiger partial charge is 0.413 e. The smallest absolute Gasteiger partial charge is 0.399 e. The van der Waals surface area contributed by atoms with Gasteiger partial charge < -0.3 is 10.1 Å². The second-order valence-electron chi connectivity index (χ2n) is 4.01. The number of carbonyl (C=O) groups is 3. The summed E-state index contributed by atoms with van der Waals surface area (Å²) in [4.78, 5) is 39.9. The summed E-state index contributed by atoms with van der Waals surface area (Å²) in [5.41, 5.74) is 0.659. The molecule has 6 nitrogen and oxygen atoms in total. The Morgan fingerprint density at radius 3 is 2.85 bits per heavy atom. The van der Waals surface area contributed by atoms with Gasteiger partial charge in [0.25, 0.3) is 0 Å². The lowest BCUT2D eigenvalue weighted by molar-refractivity contribution is 0.0979. The molecule has 1 aliphatic carbocycles. The standard InChI is InChI=1S/C13H8N2O4S/c1-14-13(18)19-8-5-7-10(16)6-3-2-4-15-9(6)11(17)12(7)20-8/h2-5H,1H3,(H,14,18). The van der Waals surface area contributed by atoms with Gasteiger partial charge in [-0.15, -0.1) is 0 Å². The zero-order chi connectivity index (χ0) is 14.3. The van der Waals surface area contributed by atoms with Crippen LogP contribution < -0.4 is 10.1 Å². The van der Waals surface area contributed by atoms with Crippen LogP contribution in [0.5, 0.6) is 5.06 Å². The molecule has 0 atom stereocenters. The molecule has 0 unspecified atom stereocenters. The van der Waals surface area contributed by atoms with Crippen LogP contribution in [0.2, 0.25) is 0 Å². The van der Waals surface area contributed by atoms with Crippen LogP contribution in [0.25, 0.3) is 0 Å². The Balaban J connectivity index is 2.07. The van der Waals surface area contributed by atoms with E-state index >= 15 is 0 Å². The van der Waals surface area contributed by atoms with Gasteiger partial charge in [-0.3, -0.25) is 14.6 Å². The fourth-order valence-electron chi connectivity index (χ4n) is 1.92. The van der Waals surface area contributed by atoms with Gasteiger partial charge in [-0.05, 0) is 12.1 Å². The first-order valence-corrected chi connectivity index (χ1v) is 6.51. The Kier molecular flexibility index (Phi) is 2.83. The highest BCUT2D eigenvalue weighted by molar-refractivity contribution is 7.16. The number of hydrogen-bond donors (Lipinski definition) is 1. The average molecular weight is 288 g/mol. The molecule has 0 radical (unpaired) electrons. The van der Waals surface area contributed by atoms with Gasteiger partial charge in [0.05, 0.1) is 10.4 Å². The number of ether oxygens (including phenoxy) is 1. The summed E-state index contributed by atoms with van der Waals surface area (Å²) in [7, 11) is 1.42. The molecule has 2 aromatic heterocycles. The minimum absolute atomic E-state index is 0.137. The van der Waals surface area contributed by atoms with E-state index in [0.717, 1.165) is 11.3 Å². The Labute approximate surface area is 117 Å². The summed E-state index contributed by atoms with van der Waals surface area (Å²) in [6.07, 6.45) is 0.809. The lowest BCUT2D eigenvalue weighted by Crippen LogP contribution is -2.21. The molecule has 100 valence electrons. The van der Waals surface area contributed by atoms with E-state index in [4.69, 9.17) is 4.74 Å². The van der Waals surface area contributed by atoms with Gasteiger partial charge in [-0.1, -0.05) is 11.3 Å². The molecule has 0 saturated heterocycles. The van der Waals surface area contributed by atoms with Crippen molar-refractivity contribution in [3.63, 3.8) is 0 Å².